The van der Waals surface area contributed by atoms with Gasteiger partial charge in [0, 0.05) is 14.9 Å². The Morgan fingerprint density at radius 1 is 1.27 bits per heavy atom. The molecule has 0 bridgehead atoms. The molecule has 0 fully saturated rings. The van der Waals surface area contributed by atoms with Gasteiger partial charge in [-0.2, -0.15) is 0 Å². The summed E-state index contributed by atoms with van der Waals surface area (Å²) < 4.78 is 2.08. The summed E-state index contributed by atoms with van der Waals surface area (Å²) in [6.45, 7) is 2.09. The minimum Gasteiger partial charge on any atom is -0.397 e. The maximum atomic E-state index is 6.03. The molecule has 0 saturated heterocycles. The molecule has 2 rings (SSSR count). The summed E-state index contributed by atoms with van der Waals surface area (Å²) >= 11 is 8.60. The third-order valence-corrected chi connectivity index (χ3v) is 4.50. The zero-order chi connectivity index (χ0) is 11.0. The largest absolute Gasteiger partial charge is 0.397 e. The molecule has 0 unspecified atom stereocenters. The van der Waals surface area contributed by atoms with Crippen LogP contribution in [0.5, 0.6) is 0 Å². The summed E-state index contributed by atoms with van der Waals surface area (Å²) in [6.07, 6.45) is 0. The molecule has 1 heterocycles. The Hall–Kier alpha value is -0.320. The van der Waals surface area contributed by atoms with E-state index in [4.69, 9.17) is 5.73 Å². The van der Waals surface area contributed by atoms with E-state index in [2.05, 4.69) is 50.9 Å². The molecule has 15 heavy (non-hydrogen) atoms. The molecular weight excluding hydrogens is 338 g/mol. The second kappa shape index (κ2) is 4.28. The second-order valence-corrected chi connectivity index (χ2v) is 6.69. The molecule has 1 aromatic carbocycles. The topological polar surface area (TPSA) is 26.0 Å². The minimum atomic E-state index is 0.829. The monoisotopic (exact) mass is 345 g/mol. The summed E-state index contributed by atoms with van der Waals surface area (Å²) in [5, 5.41) is 0. The minimum absolute atomic E-state index is 0.829. The van der Waals surface area contributed by atoms with Crippen molar-refractivity contribution in [1.29, 1.82) is 0 Å². The molecule has 0 atom stereocenters. The Bertz CT molecular complexity index is 505. The number of hydrogen-bond acceptors (Lipinski definition) is 2. The van der Waals surface area contributed by atoms with E-state index in [1.54, 1.807) is 11.3 Å². The standard InChI is InChI=1S/C11H9Br2NS/c1-6-9(10(14)11(13)15-6)7-3-2-4-8(12)5-7/h2-5H,14H2,1H3. The molecule has 0 radical (unpaired) electrons. The summed E-state index contributed by atoms with van der Waals surface area (Å²) in [4.78, 5) is 1.23. The highest BCUT2D eigenvalue weighted by molar-refractivity contribution is 9.11. The van der Waals surface area contributed by atoms with E-state index >= 15 is 0 Å². The molecule has 2 aromatic rings. The molecule has 4 heteroatoms. The Labute approximate surface area is 110 Å². The maximum Gasteiger partial charge on any atom is 0.0936 e. The van der Waals surface area contributed by atoms with E-state index in [1.165, 1.54) is 4.88 Å². The quantitative estimate of drug-likeness (QED) is 0.786. The first-order valence-electron chi connectivity index (χ1n) is 4.40. The van der Waals surface area contributed by atoms with Crippen molar-refractivity contribution in [2.75, 3.05) is 5.73 Å². The van der Waals surface area contributed by atoms with Gasteiger partial charge in [0.2, 0.25) is 0 Å². The van der Waals surface area contributed by atoms with Crippen LogP contribution in [0.1, 0.15) is 4.88 Å². The lowest BCUT2D eigenvalue weighted by atomic mass is 10.1. The van der Waals surface area contributed by atoms with Crippen LogP contribution in [0.4, 0.5) is 5.69 Å². The van der Waals surface area contributed by atoms with Gasteiger partial charge in [-0.3, -0.25) is 0 Å². The smallest absolute Gasteiger partial charge is 0.0936 e. The van der Waals surface area contributed by atoms with Crippen LogP contribution < -0.4 is 5.73 Å². The highest BCUT2D eigenvalue weighted by Gasteiger charge is 2.12. The van der Waals surface area contributed by atoms with Crippen LogP contribution in [0.25, 0.3) is 11.1 Å². The van der Waals surface area contributed by atoms with Crippen LogP contribution in [0.2, 0.25) is 0 Å². The molecule has 0 aliphatic heterocycles. The van der Waals surface area contributed by atoms with Gasteiger partial charge in [0.1, 0.15) is 0 Å². The van der Waals surface area contributed by atoms with Gasteiger partial charge >= 0.3 is 0 Å². The van der Waals surface area contributed by atoms with Crippen molar-refractivity contribution in [3.63, 3.8) is 0 Å². The predicted octanol–water partition coefficient (Wildman–Crippen LogP) is 4.83. The van der Waals surface area contributed by atoms with Gasteiger partial charge in [-0.25, -0.2) is 0 Å². The maximum absolute atomic E-state index is 6.03. The average Bonchev–Trinajstić information content (AvgIpc) is 2.41. The van der Waals surface area contributed by atoms with Crippen molar-refractivity contribution < 1.29 is 0 Å². The van der Waals surface area contributed by atoms with Gasteiger partial charge in [-0.1, -0.05) is 28.1 Å². The zero-order valence-electron chi connectivity index (χ0n) is 8.05. The second-order valence-electron chi connectivity index (χ2n) is 3.23. The van der Waals surface area contributed by atoms with Gasteiger partial charge in [-0.05, 0) is 40.5 Å². The number of hydrogen-bond donors (Lipinski definition) is 1. The molecule has 0 amide bonds. The lowest BCUT2D eigenvalue weighted by Gasteiger charge is -2.03. The molecule has 78 valence electrons. The lowest BCUT2D eigenvalue weighted by molar-refractivity contribution is 1.56. The van der Waals surface area contributed by atoms with E-state index in [9.17, 15) is 0 Å². The van der Waals surface area contributed by atoms with Gasteiger partial charge in [0.05, 0.1) is 9.47 Å². The van der Waals surface area contributed by atoms with E-state index in [0.717, 1.165) is 25.1 Å². The molecule has 0 saturated carbocycles. The summed E-state index contributed by atoms with van der Waals surface area (Å²) in [7, 11) is 0. The molecule has 0 aliphatic rings. The van der Waals surface area contributed by atoms with Crippen molar-refractivity contribution in [3.05, 3.63) is 37.4 Å². The van der Waals surface area contributed by atoms with Gasteiger partial charge < -0.3 is 5.73 Å². The lowest BCUT2D eigenvalue weighted by Crippen LogP contribution is -1.87. The van der Waals surface area contributed by atoms with Crippen LogP contribution in [0, 0.1) is 6.92 Å². The fourth-order valence-electron chi connectivity index (χ4n) is 1.53. The van der Waals surface area contributed by atoms with Crippen LogP contribution in [-0.2, 0) is 0 Å². The van der Waals surface area contributed by atoms with Crippen molar-refractivity contribution in [1.82, 2.24) is 0 Å². The first kappa shape index (κ1) is 11.2. The molecule has 1 nitrogen and oxygen atoms in total. The molecule has 2 N–H and O–H groups in total. The Morgan fingerprint density at radius 3 is 2.53 bits per heavy atom. The first-order chi connectivity index (χ1) is 7.09. The van der Waals surface area contributed by atoms with E-state index in [0.29, 0.717) is 0 Å². The number of thiophene rings is 1. The number of rotatable bonds is 1. The summed E-state index contributed by atoms with van der Waals surface area (Å²) in [5.41, 5.74) is 9.15. The van der Waals surface area contributed by atoms with Gasteiger partial charge in [0.15, 0.2) is 0 Å². The van der Waals surface area contributed by atoms with Gasteiger partial charge in [0.25, 0.3) is 0 Å². The number of aryl methyl sites for hydroxylation is 1. The van der Waals surface area contributed by atoms with Crippen molar-refractivity contribution in [3.8, 4) is 11.1 Å². The third-order valence-electron chi connectivity index (χ3n) is 2.19. The van der Waals surface area contributed by atoms with Crippen LogP contribution >= 0.6 is 43.2 Å². The number of halogens is 2. The average molecular weight is 347 g/mol. The number of benzene rings is 1. The van der Waals surface area contributed by atoms with Crippen molar-refractivity contribution >= 4 is 48.9 Å². The van der Waals surface area contributed by atoms with E-state index in [1.807, 2.05) is 12.1 Å². The Morgan fingerprint density at radius 2 is 2.00 bits per heavy atom. The number of nitrogen functional groups attached to an aromatic ring is 1. The van der Waals surface area contributed by atoms with Crippen molar-refractivity contribution in [2.24, 2.45) is 0 Å². The van der Waals surface area contributed by atoms with E-state index < -0.39 is 0 Å². The molecular formula is C11H9Br2NS. The predicted molar refractivity (Wildman–Crippen MR) is 74.3 cm³/mol. The normalized spacial score (nSPS) is 10.6. The van der Waals surface area contributed by atoms with Crippen LogP contribution in [-0.4, -0.2) is 0 Å². The van der Waals surface area contributed by atoms with Crippen molar-refractivity contribution in [2.45, 2.75) is 6.92 Å². The van der Waals surface area contributed by atoms with E-state index in [-0.39, 0.29) is 0 Å². The fourth-order valence-corrected chi connectivity index (χ4v) is 3.67. The zero-order valence-corrected chi connectivity index (χ0v) is 12.0. The summed E-state index contributed by atoms with van der Waals surface area (Å²) in [5.74, 6) is 0. The molecule has 0 aliphatic carbocycles. The Kier molecular flexibility index (Phi) is 3.19. The SMILES string of the molecule is Cc1sc(Br)c(N)c1-c1cccc(Br)c1. The third kappa shape index (κ3) is 2.12. The molecule has 1 aromatic heterocycles. The first-order valence-corrected chi connectivity index (χ1v) is 6.80. The summed E-state index contributed by atoms with van der Waals surface area (Å²) in [6, 6.07) is 8.18. The van der Waals surface area contributed by atoms with Gasteiger partial charge in [-0.15, -0.1) is 11.3 Å². The molecule has 0 spiro atoms. The number of nitrogens with two attached hydrogens (primary N) is 1. The highest BCUT2D eigenvalue weighted by Crippen LogP contribution is 2.41. The Balaban J connectivity index is 2.63. The fraction of sp³-hybridized carbons (Fsp3) is 0.0909. The highest BCUT2D eigenvalue weighted by atomic mass is 79.9. The number of anilines is 1. The van der Waals surface area contributed by atoms with Crippen LogP contribution in [0.3, 0.4) is 0 Å². The van der Waals surface area contributed by atoms with Crippen LogP contribution in [0.15, 0.2) is 32.5 Å².